The highest BCUT2D eigenvalue weighted by Gasteiger charge is 2.20. The third-order valence-electron chi connectivity index (χ3n) is 4.44. The number of aromatic nitrogens is 6. The Morgan fingerprint density at radius 3 is 2.74 bits per heavy atom. The monoisotopic (exact) mass is 455 g/mol. The molecule has 0 unspecified atom stereocenters. The van der Waals surface area contributed by atoms with Crippen molar-refractivity contribution >= 4 is 34.0 Å². The van der Waals surface area contributed by atoms with Crippen molar-refractivity contribution in [2.24, 2.45) is 0 Å². The van der Waals surface area contributed by atoms with Crippen LogP contribution in [0, 0.1) is 20.8 Å². The molecule has 4 rings (SSSR count). The van der Waals surface area contributed by atoms with Crippen molar-refractivity contribution in [3.05, 3.63) is 64.0 Å². The molecule has 9 nitrogen and oxygen atoms in total. The molecule has 0 saturated heterocycles. The van der Waals surface area contributed by atoms with E-state index in [1.807, 2.05) is 26.8 Å². The standard InChI is InChI=1S/C20H18ClN7O2S/c1-10-6-15(17-11(2)25-26-12(17)3)16(8-22-10)18(29)24-19-27-28-20(31-19)30-9-14-5-4-13(21)7-23-14/h4-8H,9H2,1-3H3,(H,25,26)(H,24,27,29). The second-order valence-corrected chi connectivity index (χ2v) is 8.14. The number of amides is 1. The number of ether oxygens (including phenoxy) is 1. The molecular weight excluding hydrogens is 438 g/mol. The van der Waals surface area contributed by atoms with Gasteiger partial charge in [0.2, 0.25) is 5.13 Å². The minimum atomic E-state index is -0.343. The van der Waals surface area contributed by atoms with Crippen molar-refractivity contribution in [2.75, 3.05) is 5.32 Å². The van der Waals surface area contributed by atoms with Crippen molar-refractivity contribution in [3.8, 4) is 16.3 Å². The lowest BCUT2D eigenvalue weighted by molar-refractivity contribution is 0.102. The molecule has 4 aromatic rings. The maximum Gasteiger partial charge on any atom is 0.296 e. The Morgan fingerprint density at radius 2 is 2.03 bits per heavy atom. The number of halogens is 1. The van der Waals surface area contributed by atoms with E-state index in [0.29, 0.717) is 26.6 Å². The molecule has 2 N–H and O–H groups in total. The maximum atomic E-state index is 13.0. The highest BCUT2D eigenvalue weighted by Crippen LogP contribution is 2.30. The Kier molecular flexibility index (Phi) is 5.92. The minimum absolute atomic E-state index is 0.213. The molecule has 0 saturated carbocycles. The highest BCUT2D eigenvalue weighted by molar-refractivity contribution is 7.17. The third kappa shape index (κ3) is 4.70. The molecule has 158 valence electrons. The lowest BCUT2D eigenvalue weighted by Crippen LogP contribution is -2.14. The summed E-state index contributed by atoms with van der Waals surface area (Å²) in [6, 6.07) is 5.36. The van der Waals surface area contributed by atoms with Gasteiger partial charge >= 0.3 is 0 Å². The molecular formula is C20H18ClN7O2S. The van der Waals surface area contributed by atoms with Gasteiger partial charge in [0.25, 0.3) is 11.1 Å². The first kappa shape index (κ1) is 20.9. The topological polar surface area (TPSA) is 119 Å². The van der Waals surface area contributed by atoms with Gasteiger partial charge in [-0.05, 0) is 50.3 Å². The van der Waals surface area contributed by atoms with Crippen molar-refractivity contribution in [2.45, 2.75) is 27.4 Å². The number of carbonyl (C=O) groups excluding carboxylic acids is 1. The quantitative estimate of drug-likeness (QED) is 0.448. The Bertz CT molecular complexity index is 1220. The van der Waals surface area contributed by atoms with Gasteiger partial charge in [0.05, 0.1) is 22.0 Å². The minimum Gasteiger partial charge on any atom is -0.462 e. The zero-order chi connectivity index (χ0) is 22.0. The maximum absolute atomic E-state index is 13.0. The summed E-state index contributed by atoms with van der Waals surface area (Å²) in [7, 11) is 0. The third-order valence-corrected chi connectivity index (χ3v) is 5.42. The van der Waals surface area contributed by atoms with Crippen LogP contribution in [0.3, 0.4) is 0 Å². The lowest BCUT2D eigenvalue weighted by atomic mass is 9.98. The van der Waals surface area contributed by atoms with E-state index in [4.69, 9.17) is 16.3 Å². The van der Waals surface area contributed by atoms with Gasteiger partial charge < -0.3 is 4.74 Å². The molecule has 4 aromatic heterocycles. The van der Waals surface area contributed by atoms with Crippen molar-refractivity contribution in [1.29, 1.82) is 0 Å². The first-order valence-corrected chi connectivity index (χ1v) is 10.5. The number of hydrogen-bond donors (Lipinski definition) is 2. The molecule has 11 heteroatoms. The average molecular weight is 456 g/mol. The highest BCUT2D eigenvalue weighted by atomic mass is 35.5. The number of aromatic amines is 1. The van der Waals surface area contributed by atoms with Crippen molar-refractivity contribution in [3.63, 3.8) is 0 Å². The number of pyridine rings is 2. The summed E-state index contributed by atoms with van der Waals surface area (Å²) in [4.78, 5) is 21.4. The number of carbonyl (C=O) groups is 1. The zero-order valence-corrected chi connectivity index (χ0v) is 18.5. The smallest absolute Gasteiger partial charge is 0.296 e. The van der Waals surface area contributed by atoms with E-state index < -0.39 is 0 Å². The second kappa shape index (κ2) is 8.78. The van der Waals surface area contributed by atoms with Crippen LogP contribution in [-0.4, -0.2) is 36.3 Å². The van der Waals surface area contributed by atoms with Crippen LogP contribution in [0.15, 0.2) is 30.6 Å². The molecule has 0 aliphatic rings. The Balaban J connectivity index is 1.50. The fourth-order valence-corrected chi connectivity index (χ4v) is 3.71. The average Bonchev–Trinajstić information content (AvgIpc) is 3.33. The van der Waals surface area contributed by atoms with E-state index in [1.165, 1.54) is 0 Å². The van der Waals surface area contributed by atoms with Crippen LogP contribution < -0.4 is 10.1 Å². The van der Waals surface area contributed by atoms with Gasteiger partial charge in [-0.15, -0.1) is 5.10 Å². The SMILES string of the molecule is Cc1cc(-c2c(C)n[nH]c2C)c(C(=O)Nc2nnc(OCc3ccc(Cl)cn3)s2)cn1. The number of aryl methyl sites for hydroxylation is 3. The largest absolute Gasteiger partial charge is 0.462 e. The van der Waals surface area contributed by atoms with Crippen LogP contribution in [0.4, 0.5) is 5.13 Å². The van der Waals surface area contributed by atoms with Crippen LogP contribution in [0.5, 0.6) is 5.19 Å². The summed E-state index contributed by atoms with van der Waals surface area (Å²) in [5, 5.41) is 19.1. The number of anilines is 1. The molecule has 0 spiro atoms. The van der Waals surface area contributed by atoms with Crippen LogP contribution in [-0.2, 0) is 6.61 Å². The van der Waals surface area contributed by atoms with E-state index in [1.54, 1.807) is 24.5 Å². The summed E-state index contributed by atoms with van der Waals surface area (Å²) >= 11 is 6.95. The molecule has 4 heterocycles. The Hall–Kier alpha value is -3.37. The van der Waals surface area contributed by atoms with Crippen LogP contribution in [0.2, 0.25) is 5.02 Å². The molecule has 0 fully saturated rings. The summed E-state index contributed by atoms with van der Waals surface area (Å²) in [5.41, 5.74) is 5.23. The summed E-state index contributed by atoms with van der Waals surface area (Å²) in [6.07, 6.45) is 3.10. The normalized spacial score (nSPS) is 10.8. The molecule has 0 bridgehead atoms. The van der Waals surface area contributed by atoms with Gasteiger partial charge in [-0.1, -0.05) is 16.7 Å². The Labute approximate surface area is 186 Å². The molecule has 31 heavy (non-hydrogen) atoms. The van der Waals surface area contributed by atoms with Gasteiger partial charge in [0, 0.05) is 34.9 Å². The summed E-state index contributed by atoms with van der Waals surface area (Å²) in [5.74, 6) is -0.343. The molecule has 0 aromatic carbocycles. The Morgan fingerprint density at radius 1 is 1.19 bits per heavy atom. The first-order valence-electron chi connectivity index (χ1n) is 9.27. The fraction of sp³-hybridized carbons (Fsp3) is 0.200. The van der Waals surface area contributed by atoms with Crippen molar-refractivity contribution < 1.29 is 9.53 Å². The molecule has 0 aliphatic heterocycles. The second-order valence-electron chi connectivity index (χ2n) is 6.76. The van der Waals surface area contributed by atoms with E-state index in [9.17, 15) is 4.79 Å². The zero-order valence-electron chi connectivity index (χ0n) is 16.9. The predicted molar refractivity (Wildman–Crippen MR) is 117 cm³/mol. The van der Waals surface area contributed by atoms with E-state index >= 15 is 0 Å². The molecule has 0 radical (unpaired) electrons. The van der Waals surface area contributed by atoms with Crippen molar-refractivity contribution in [1.82, 2.24) is 30.4 Å². The first-order chi connectivity index (χ1) is 14.9. The predicted octanol–water partition coefficient (Wildman–Crippen LogP) is 4.13. The van der Waals surface area contributed by atoms with Gasteiger partial charge in [0.1, 0.15) is 6.61 Å². The summed E-state index contributed by atoms with van der Waals surface area (Å²) in [6.45, 7) is 5.89. The van der Waals surface area contributed by atoms with Gasteiger partial charge in [-0.3, -0.25) is 25.2 Å². The number of nitrogens with one attached hydrogen (secondary N) is 2. The number of nitrogens with zero attached hydrogens (tertiary/aromatic N) is 5. The van der Waals surface area contributed by atoms with Gasteiger partial charge in [0.15, 0.2) is 0 Å². The van der Waals surface area contributed by atoms with E-state index in [-0.39, 0.29) is 12.5 Å². The molecule has 0 atom stereocenters. The van der Waals surface area contributed by atoms with Gasteiger partial charge in [-0.25, -0.2) is 0 Å². The fourth-order valence-electron chi connectivity index (χ4n) is 3.01. The summed E-state index contributed by atoms with van der Waals surface area (Å²) < 4.78 is 5.59. The number of rotatable bonds is 6. The van der Waals surface area contributed by atoms with E-state index in [0.717, 1.165) is 39.5 Å². The molecule has 1 amide bonds. The lowest BCUT2D eigenvalue weighted by Gasteiger charge is -2.10. The molecule has 0 aliphatic carbocycles. The van der Waals surface area contributed by atoms with Crippen LogP contribution in [0.25, 0.3) is 11.1 Å². The van der Waals surface area contributed by atoms with Crippen LogP contribution >= 0.6 is 22.9 Å². The number of hydrogen-bond acceptors (Lipinski definition) is 8. The number of H-pyrrole nitrogens is 1. The van der Waals surface area contributed by atoms with E-state index in [2.05, 4.69) is 35.7 Å². The van der Waals surface area contributed by atoms with Gasteiger partial charge in [-0.2, -0.15) is 5.10 Å². The van der Waals surface area contributed by atoms with Crippen LogP contribution in [0.1, 0.15) is 33.1 Å².